The largest absolute Gasteiger partial charge is 0.325 e. The Labute approximate surface area is 224 Å². The van der Waals surface area contributed by atoms with E-state index >= 15 is 0 Å². The van der Waals surface area contributed by atoms with E-state index in [0.29, 0.717) is 18.5 Å². The van der Waals surface area contributed by atoms with Gasteiger partial charge in [0.25, 0.3) is 5.91 Å². The van der Waals surface area contributed by atoms with E-state index in [0.717, 1.165) is 32.8 Å². The van der Waals surface area contributed by atoms with Crippen LogP contribution >= 0.6 is 11.8 Å². The molecular formula is C29H26N4O4S. The molecule has 2 aliphatic heterocycles. The molecule has 0 radical (unpaired) electrons. The van der Waals surface area contributed by atoms with E-state index in [1.165, 1.54) is 0 Å². The topological polar surface area (TPSA) is 108 Å². The lowest BCUT2D eigenvalue weighted by molar-refractivity contribution is -0.123. The summed E-state index contributed by atoms with van der Waals surface area (Å²) in [7, 11) is 0. The van der Waals surface area contributed by atoms with Gasteiger partial charge in [0.15, 0.2) is 0 Å². The number of imide groups is 1. The molecule has 3 aromatic rings. The van der Waals surface area contributed by atoms with Crippen LogP contribution in [0.3, 0.4) is 0 Å². The van der Waals surface area contributed by atoms with Crippen molar-refractivity contribution >= 4 is 46.9 Å². The third-order valence-electron chi connectivity index (χ3n) is 7.33. The molecule has 3 aliphatic rings. The molecule has 0 aromatic heterocycles. The first-order chi connectivity index (χ1) is 18.3. The Morgan fingerprint density at radius 3 is 2.55 bits per heavy atom. The number of urea groups is 1. The van der Waals surface area contributed by atoms with Crippen molar-refractivity contribution < 1.29 is 19.2 Å². The van der Waals surface area contributed by atoms with E-state index in [2.05, 4.69) is 28.1 Å². The van der Waals surface area contributed by atoms with Gasteiger partial charge in [0.2, 0.25) is 11.8 Å². The van der Waals surface area contributed by atoms with Crippen molar-refractivity contribution in [2.75, 3.05) is 16.8 Å². The third-order valence-corrected chi connectivity index (χ3v) is 8.65. The Morgan fingerprint density at radius 1 is 1.03 bits per heavy atom. The number of rotatable bonds is 4. The van der Waals surface area contributed by atoms with Crippen LogP contribution in [0.15, 0.2) is 71.6 Å². The Hall–Kier alpha value is -4.11. The summed E-state index contributed by atoms with van der Waals surface area (Å²) < 4.78 is 0. The van der Waals surface area contributed by atoms with Crippen LogP contribution in [0.5, 0.6) is 0 Å². The van der Waals surface area contributed by atoms with Crippen LogP contribution in [-0.4, -0.2) is 35.8 Å². The van der Waals surface area contributed by atoms with Crippen LogP contribution in [0.25, 0.3) is 0 Å². The van der Waals surface area contributed by atoms with Crippen LogP contribution in [0.1, 0.15) is 33.9 Å². The molecule has 0 saturated carbocycles. The SMILES string of the molecule is Cc1ccc(C2CC(=O)N(CC(=O)Nc3ccc4c(c3)CC3(C4)NC(=O)NC3=O)c3ccccc3S2)cc1. The zero-order valence-electron chi connectivity index (χ0n) is 20.7. The highest BCUT2D eigenvalue weighted by Crippen LogP contribution is 2.45. The van der Waals surface area contributed by atoms with E-state index in [1.54, 1.807) is 22.7 Å². The summed E-state index contributed by atoms with van der Waals surface area (Å²) in [5.41, 5.74) is 4.44. The number of anilines is 2. The minimum atomic E-state index is -0.962. The molecule has 3 N–H and O–H groups in total. The van der Waals surface area contributed by atoms with E-state index in [4.69, 9.17) is 0 Å². The minimum absolute atomic E-state index is 0.0466. The standard InChI is InChI=1S/C29H26N4O4S/c1-17-6-8-18(9-7-17)24-13-26(35)33(22-4-2-3-5-23(22)38-24)16-25(34)30-21-11-10-19-14-29(15-20(19)12-21)27(36)31-28(37)32-29/h2-12,24H,13-16H2,1H3,(H,30,34)(H2,31,32,36,37). The number of aryl methyl sites for hydroxylation is 1. The summed E-state index contributed by atoms with van der Waals surface area (Å²) in [6.45, 7) is 1.92. The number of hydrogen-bond donors (Lipinski definition) is 3. The molecule has 192 valence electrons. The monoisotopic (exact) mass is 526 g/mol. The van der Waals surface area contributed by atoms with Gasteiger partial charge in [0, 0.05) is 35.1 Å². The van der Waals surface area contributed by atoms with Crippen molar-refractivity contribution in [1.29, 1.82) is 0 Å². The van der Waals surface area contributed by atoms with Crippen molar-refractivity contribution in [3.8, 4) is 0 Å². The number of hydrogen-bond acceptors (Lipinski definition) is 5. The van der Waals surface area contributed by atoms with Gasteiger partial charge >= 0.3 is 6.03 Å². The Kier molecular flexibility index (Phi) is 5.95. The summed E-state index contributed by atoms with van der Waals surface area (Å²) in [5.74, 6) is -0.752. The number of para-hydroxylation sites is 1. The molecule has 9 heteroatoms. The molecule has 6 rings (SSSR count). The van der Waals surface area contributed by atoms with Crippen molar-refractivity contribution in [1.82, 2.24) is 10.6 Å². The second-order valence-electron chi connectivity index (χ2n) is 10.0. The van der Waals surface area contributed by atoms with E-state index in [9.17, 15) is 19.2 Å². The first-order valence-corrected chi connectivity index (χ1v) is 13.4. The quantitative estimate of drug-likeness (QED) is 0.448. The summed E-state index contributed by atoms with van der Waals surface area (Å²) in [4.78, 5) is 53.1. The van der Waals surface area contributed by atoms with Gasteiger partial charge in [-0.15, -0.1) is 11.8 Å². The maximum absolute atomic E-state index is 13.4. The van der Waals surface area contributed by atoms with Crippen LogP contribution < -0.4 is 20.9 Å². The minimum Gasteiger partial charge on any atom is -0.325 e. The summed E-state index contributed by atoms with van der Waals surface area (Å²) in [6.07, 6.45) is 1.05. The van der Waals surface area contributed by atoms with Gasteiger partial charge in [-0.25, -0.2) is 4.79 Å². The Balaban J connectivity index is 1.19. The van der Waals surface area contributed by atoms with Crippen LogP contribution in [0, 0.1) is 6.92 Å². The first-order valence-electron chi connectivity index (χ1n) is 12.5. The normalized spacial score (nSPS) is 22.0. The molecule has 38 heavy (non-hydrogen) atoms. The van der Waals surface area contributed by atoms with E-state index in [1.807, 2.05) is 55.5 Å². The first kappa shape index (κ1) is 24.2. The Bertz CT molecular complexity index is 1490. The second kappa shape index (κ2) is 9.33. The van der Waals surface area contributed by atoms with Gasteiger partial charge in [0.05, 0.1) is 5.69 Å². The number of benzene rings is 3. The van der Waals surface area contributed by atoms with E-state index in [-0.39, 0.29) is 35.9 Å². The van der Waals surface area contributed by atoms with Crippen molar-refractivity contribution in [2.24, 2.45) is 0 Å². The molecule has 3 aromatic carbocycles. The molecule has 2 heterocycles. The zero-order valence-corrected chi connectivity index (χ0v) is 21.6. The molecule has 5 amide bonds. The maximum atomic E-state index is 13.4. The maximum Gasteiger partial charge on any atom is 0.322 e. The average molecular weight is 527 g/mol. The molecule has 1 aliphatic carbocycles. The molecule has 0 bridgehead atoms. The van der Waals surface area contributed by atoms with Gasteiger partial charge in [-0.3, -0.25) is 19.7 Å². The molecule has 1 fully saturated rings. The fourth-order valence-corrected chi connectivity index (χ4v) is 6.67. The third kappa shape index (κ3) is 4.43. The highest BCUT2D eigenvalue weighted by Gasteiger charge is 2.50. The molecule has 1 spiro atoms. The number of amides is 5. The molecule has 2 unspecified atom stereocenters. The lowest BCUT2D eigenvalue weighted by Crippen LogP contribution is -2.47. The Morgan fingerprint density at radius 2 is 1.79 bits per heavy atom. The lowest BCUT2D eigenvalue weighted by atomic mass is 9.96. The number of thioether (sulfide) groups is 1. The number of nitrogens with one attached hydrogen (secondary N) is 3. The predicted molar refractivity (Wildman–Crippen MR) is 145 cm³/mol. The predicted octanol–water partition coefficient (Wildman–Crippen LogP) is 3.88. The number of nitrogens with zero attached hydrogens (tertiary/aromatic N) is 1. The summed E-state index contributed by atoms with van der Waals surface area (Å²) >= 11 is 1.64. The second-order valence-corrected chi connectivity index (χ2v) is 11.3. The van der Waals surface area contributed by atoms with Crippen molar-refractivity contribution in [2.45, 2.75) is 41.9 Å². The average Bonchev–Trinajstić information content (AvgIpc) is 3.34. The molecule has 2 atom stereocenters. The van der Waals surface area contributed by atoms with Gasteiger partial charge in [-0.2, -0.15) is 0 Å². The van der Waals surface area contributed by atoms with E-state index < -0.39 is 11.6 Å². The van der Waals surface area contributed by atoms with Gasteiger partial charge in [0.1, 0.15) is 12.1 Å². The molecule has 8 nitrogen and oxygen atoms in total. The van der Waals surface area contributed by atoms with Crippen molar-refractivity contribution in [3.05, 3.63) is 89.0 Å². The molecular weight excluding hydrogens is 500 g/mol. The fourth-order valence-electron chi connectivity index (χ4n) is 5.39. The zero-order chi connectivity index (χ0) is 26.4. The number of fused-ring (bicyclic) bond motifs is 2. The van der Waals surface area contributed by atoms with Gasteiger partial charge in [-0.05, 0) is 47.9 Å². The smallest absolute Gasteiger partial charge is 0.322 e. The summed E-state index contributed by atoms with van der Waals surface area (Å²) in [5, 5.41) is 7.92. The number of carbonyl (C=O) groups is 4. The molecule has 1 saturated heterocycles. The van der Waals surface area contributed by atoms with Gasteiger partial charge < -0.3 is 15.5 Å². The van der Waals surface area contributed by atoms with Gasteiger partial charge in [-0.1, -0.05) is 48.0 Å². The highest BCUT2D eigenvalue weighted by atomic mass is 32.2. The highest BCUT2D eigenvalue weighted by molar-refractivity contribution is 7.99. The lowest BCUT2D eigenvalue weighted by Gasteiger charge is -2.22. The van der Waals surface area contributed by atoms with Crippen LogP contribution in [0.4, 0.5) is 16.2 Å². The van der Waals surface area contributed by atoms with Crippen LogP contribution in [0.2, 0.25) is 0 Å². The van der Waals surface area contributed by atoms with Crippen molar-refractivity contribution in [3.63, 3.8) is 0 Å². The summed E-state index contributed by atoms with van der Waals surface area (Å²) in [6, 6.07) is 20.9. The number of carbonyl (C=O) groups excluding carboxylic acids is 4. The van der Waals surface area contributed by atoms with Crippen LogP contribution in [-0.2, 0) is 27.2 Å². The fraction of sp³-hybridized carbons (Fsp3) is 0.241.